The van der Waals surface area contributed by atoms with Crippen molar-refractivity contribution in [2.24, 2.45) is 0 Å². The molecular weight excluding hydrogens is 255 g/mol. The molecule has 5 heteroatoms. The molecule has 1 aromatic rings. The van der Waals surface area contributed by atoms with Gasteiger partial charge in [-0.15, -0.1) is 13.2 Å². The fourth-order valence-electron chi connectivity index (χ4n) is 2.52. The van der Waals surface area contributed by atoms with Crippen molar-refractivity contribution in [3.05, 3.63) is 29.8 Å². The predicted molar refractivity (Wildman–Crippen MR) is 67.2 cm³/mol. The monoisotopic (exact) mass is 273 g/mol. The molecule has 2 nitrogen and oxygen atoms in total. The van der Waals surface area contributed by atoms with Gasteiger partial charge in [-0.05, 0) is 56.1 Å². The highest BCUT2D eigenvalue weighted by atomic mass is 19.4. The van der Waals surface area contributed by atoms with Crippen LogP contribution in [0.1, 0.15) is 31.2 Å². The standard InChI is InChI=1S/C14H18F3NO/c1-2-18-9-7-12(8-10-18)11-3-5-13(6-4-11)19-14(15,16)17/h3-6,12H,2,7-10H2,1H3. The average molecular weight is 273 g/mol. The van der Waals surface area contributed by atoms with Gasteiger partial charge in [0.25, 0.3) is 0 Å². The van der Waals surface area contributed by atoms with Gasteiger partial charge in [0.15, 0.2) is 0 Å². The van der Waals surface area contributed by atoms with Crippen LogP contribution in [-0.4, -0.2) is 30.9 Å². The van der Waals surface area contributed by atoms with E-state index in [2.05, 4.69) is 16.6 Å². The quantitative estimate of drug-likeness (QED) is 0.831. The molecule has 1 heterocycles. The predicted octanol–water partition coefficient (Wildman–Crippen LogP) is 3.78. The molecule has 0 N–H and O–H groups in total. The van der Waals surface area contributed by atoms with Crippen LogP contribution in [0.25, 0.3) is 0 Å². The molecule has 1 aliphatic rings. The maximum Gasteiger partial charge on any atom is 0.573 e. The molecule has 1 aliphatic heterocycles. The van der Waals surface area contributed by atoms with Crippen LogP contribution >= 0.6 is 0 Å². The van der Waals surface area contributed by atoms with E-state index in [-0.39, 0.29) is 5.75 Å². The van der Waals surface area contributed by atoms with E-state index in [0.717, 1.165) is 38.0 Å². The maximum atomic E-state index is 12.1. The van der Waals surface area contributed by atoms with E-state index in [1.54, 1.807) is 12.1 Å². The van der Waals surface area contributed by atoms with Crippen molar-refractivity contribution in [1.29, 1.82) is 0 Å². The van der Waals surface area contributed by atoms with Crippen LogP contribution in [0, 0.1) is 0 Å². The van der Waals surface area contributed by atoms with Gasteiger partial charge in [0.1, 0.15) is 5.75 Å². The maximum absolute atomic E-state index is 12.1. The van der Waals surface area contributed by atoms with Gasteiger partial charge in [-0.2, -0.15) is 0 Å². The molecule has 1 aromatic carbocycles. The number of alkyl halides is 3. The van der Waals surface area contributed by atoms with Crippen LogP contribution in [0.15, 0.2) is 24.3 Å². The zero-order valence-corrected chi connectivity index (χ0v) is 10.9. The van der Waals surface area contributed by atoms with E-state index in [0.29, 0.717) is 5.92 Å². The third-order valence-corrected chi connectivity index (χ3v) is 3.62. The van der Waals surface area contributed by atoms with Crippen LogP contribution in [0.3, 0.4) is 0 Å². The summed E-state index contributed by atoms with van der Waals surface area (Å²) in [5.41, 5.74) is 1.10. The smallest absolute Gasteiger partial charge is 0.406 e. The Hall–Kier alpha value is -1.23. The Labute approximate surface area is 111 Å². The molecule has 0 aliphatic carbocycles. The number of hydrogen-bond acceptors (Lipinski definition) is 2. The summed E-state index contributed by atoms with van der Waals surface area (Å²) in [4.78, 5) is 2.39. The third-order valence-electron chi connectivity index (χ3n) is 3.62. The van der Waals surface area contributed by atoms with Crippen LogP contribution in [0.4, 0.5) is 13.2 Å². The molecule has 1 saturated heterocycles. The van der Waals surface area contributed by atoms with Crippen molar-refractivity contribution in [2.75, 3.05) is 19.6 Å². The van der Waals surface area contributed by atoms with Gasteiger partial charge in [-0.3, -0.25) is 0 Å². The molecule has 2 rings (SSSR count). The lowest BCUT2D eigenvalue weighted by molar-refractivity contribution is -0.274. The molecule has 0 spiro atoms. The normalized spacial score (nSPS) is 18.5. The second kappa shape index (κ2) is 5.82. The summed E-state index contributed by atoms with van der Waals surface area (Å²) in [6.07, 6.45) is -2.49. The summed E-state index contributed by atoms with van der Waals surface area (Å²) in [6, 6.07) is 6.28. The SMILES string of the molecule is CCN1CCC(c2ccc(OC(F)(F)F)cc2)CC1. The first-order chi connectivity index (χ1) is 8.98. The Kier molecular flexibility index (Phi) is 4.34. The number of nitrogens with zero attached hydrogens (tertiary/aromatic N) is 1. The molecule has 1 fully saturated rings. The fourth-order valence-corrected chi connectivity index (χ4v) is 2.52. The molecule has 0 bridgehead atoms. The second-order valence-corrected chi connectivity index (χ2v) is 4.83. The minimum Gasteiger partial charge on any atom is -0.406 e. The Morgan fingerprint density at radius 3 is 2.21 bits per heavy atom. The van der Waals surface area contributed by atoms with Crippen molar-refractivity contribution in [3.63, 3.8) is 0 Å². The Morgan fingerprint density at radius 2 is 1.74 bits per heavy atom. The molecule has 0 atom stereocenters. The van der Waals surface area contributed by atoms with Crippen molar-refractivity contribution in [3.8, 4) is 5.75 Å². The minimum absolute atomic E-state index is 0.151. The zero-order valence-electron chi connectivity index (χ0n) is 10.9. The van der Waals surface area contributed by atoms with E-state index in [4.69, 9.17) is 0 Å². The summed E-state index contributed by atoms with van der Waals surface area (Å²) in [5, 5.41) is 0. The minimum atomic E-state index is -4.62. The van der Waals surface area contributed by atoms with Gasteiger partial charge in [0, 0.05) is 0 Å². The van der Waals surface area contributed by atoms with Crippen molar-refractivity contribution < 1.29 is 17.9 Å². The van der Waals surface area contributed by atoms with E-state index < -0.39 is 6.36 Å². The van der Waals surface area contributed by atoms with Crippen molar-refractivity contribution in [1.82, 2.24) is 4.90 Å². The number of benzene rings is 1. The van der Waals surface area contributed by atoms with Gasteiger partial charge < -0.3 is 9.64 Å². The fraction of sp³-hybridized carbons (Fsp3) is 0.571. The molecule has 0 aromatic heterocycles. The summed E-state index contributed by atoms with van der Waals surface area (Å²) >= 11 is 0. The molecule has 0 amide bonds. The number of piperidine rings is 1. The van der Waals surface area contributed by atoms with Crippen molar-refractivity contribution >= 4 is 0 Å². The number of likely N-dealkylation sites (tertiary alicyclic amines) is 1. The summed E-state index contributed by atoms with van der Waals surface area (Å²) < 4.78 is 40.0. The molecule has 19 heavy (non-hydrogen) atoms. The number of rotatable bonds is 3. The highest BCUT2D eigenvalue weighted by Crippen LogP contribution is 2.30. The number of halogens is 3. The molecule has 0 radical (unpaired) electrons. The first-order valence-electron chi connectivity index (χ1n) is 6.56. The summed E-state index contributed by atoms with van der Waals surface area (Å²) in [7, 11) is 0. The first kappa shape index (κ1) is 14.2. The topological polar surface area (TPSA) is 12.5 Å². The van der Waals surface area contributed by atoms with Gasteiger partial charge in [0.05, 0.1) is 0 Å². The Bertz CT molecular complexity index is 394. The van der Waals surface area contributed by atoms with Gasteiger partial charge in [-0.1, -0.05) is 19.1 Å². The molecule has 0 unspecified atom stereocenters. The van der Waals surface area contributed by atoms with Crippen LogP contribution < -0.4 is 4.74 Å². The molecule has 0 saturated carbocycles. The van der Waals surface area contributed by atoms with Gasteiger partial charge in [0.2, 0.25) is 0 Å². The lowest BCUT2D eigenvalue weighted by Crippen LogP contribution is -2.32. The zero-order chi connectivity index (χ0) is 13.9. The number of ether oxygens (including phenoxy) is 1. The van der Waals surface area contributed by atoms with E-state index >= 15 is 0 Å². The summed E-state index contributed by atoms with van der Waals surface area (Å²) in [5.74, 6) is 0.296. The highest BCUT2D eigenvalue weighted by molar-refractivity contribution is 5.29. The lowest BCUT2D eigenvalue weighted by atomic mass is 9.89. The van der Waals surface area contributed by atoms with Crippen LogP contribution in [-0.2, 0) is 0 Å². The third kappa shape index (κ3) is 4.13. The number of hydrogen-bond donors (Lipinski definition) is 0. The van der Waals surface area contributed by atoms with E-state index in [9.17, 15) is 13.2 Å². The highest BCUT2D eigenvalue weighted by Gasteiger charge is 2.31. The summed E-state index contributed by atoms with van der Waals surface area (Å²) in [6.45, 7) is 5.32. The Balaban J connectivity index is 1.95. The van der Waals surface area contributed by atoms with Crippen molar-refractivity contribution in [2.45, 2.75) is 32.0 Å². The van der Waals surface area contributed by atoms with Gasteiger partial charge >= 0.3 is 6.36 Å². The van der Waals surface area contributed by atoms with Crippen LogP contribution in [0.2, 0.25) is 0 Å². The first-order valence-corrected chi connectivity index (χ1v) is 6.56. The van der Waals surface area contributed by atoms with Gasteiger partial charge in [-0.25, -0.2) is 0 Å². The lowest BCUT2D eigenvalue weighted by Gasteiger charge is -2.31. The van der Waals surface area contributed by atoms with E-state index in [1.807, 2.05) is 0 Å². The van der Waals surface area contributed by atoms with Crippen LogP contribution in [0.5, 0.6) is 5.75 Å². The molecule has 106 valence electrons. The largest absolute Gasteiger partial charge is 0.573 e. The molecular formula is C14H18F3NO. The Morgan fingerprint density at radius 1 is 1.16 bits per heavy atom. The second-order valence-electron chi connectivity index (χ2n) is 4.83. The van der Waals surface area contributed by atoms with E-state index in [1.165, 1.54) is 12.1 Å². The average Bonchev–Trinajstić information content (AvgIpc) is 2.38.